The van der Waals surface area contributed by atoms with E-state index in [9.17, 15) is 4.39 Å². The first-order valence-corrected chi connectivity index (χ1v) is 4.03. The van der Waals surface area contributed by atoms with E-state index in [0.29, 0.717) is 17.0 Å². The summed E-state index contributed by atoms with van der Waals surface area (Å²) in [7, 11) is 0. The highest BCUT2D eigenvalue weighted by molar-refractivity contribution is 5.54. The summed E-state index contributed by atoms with van der Waals surface area (Å²) in [5, 5.41) is 13.2. The van der Waals surface area contributed by atoms with Gasteiger partial charge in [-0.2, -0.15) is 5.21 Å². The lowest BCUT2D eigenvalue weighted by Gasteiger charge is -2.00. The van der Waals surface area contributed by atoms with Crippen LogP contribution < -0.4 is 5.73 Å². The summed E-state index contributed by atoms with van der Waals surface area (Å²) in [4.78, 5) is 0. The molecule has 14 heavy (non-hydrogen) atoms. The Morgan fingerprint density at radius 3 is 2.86 bits per heavy atom. The summed E-state index contributed by atoms with van der Waals surface area (Å²) in [6, 6.07) is 4.66. The number of nitrogens with one attached hydrogen (secondary N) is 1. The predicted octanol–water partition coefficient (Wildman–Crippen LogP) is 0.464. The molecule has 6 heteroatoms. The van der Waals surface area contributed by atoms with Crippen molar-refractivity contribution >= 4 is 0 Å². The average Bonchev–Trinajstić information content (AvgIpc) is 2.70. The van der Waals surface area contributed by atoms with E-state index < -0.39 is 0 Å². The van der Waals surface area contributed by atoms with Gasteiger partial charge in [0.25, 0.3) is 0 Å². The van der Waals surface area contributed by atoms with Crippen LogP contribution in [-0.4, -0.2) is 20.6 Å². The van der Waals surface area contributed by atoms with Crippen molar-refractivity contribution in [1.82, 2.24) is 20.6 Å². The maximum atomic E-state index is 13.3. The van der Waals surface area contributed by atoms with Gasteiger partial charge in [-0.05, 0) is 11.3 Å². The zero-order valence-electron chi connectivity index (χ0n) is 7.24. The lowest BCUT2D eigenvalue weighted by Crippen LogP contribution is -1.99. The second kappa shape index (κ2) is 3.51. The van der Waals surface area contributed by atoms with Gasteiger partial charge in [0.05, 0.1) is 0 Å². The molecule has 0 fully saturated rings. The molecule has 0 saturated heterocycles. The van der Waals surface area contributed by atoms with Crippen LogP contribution in [0.2, 0.25) is 0 Å². The van der Waals surface area contributed by atoms with E-state index in [0.717, 1.165) is 0 Å². The normalized spacial score (nSPS) is 10.4. The van der Waals surface area contributed by atoms with Crippen LogP contribution in [0.15, 0.2) is 18.2 Å². The Labute approximate surface area is 79.1 Å². The van der Waals surface area contributed by atoms with Crippen molar-refractivity contribution in [3.63, 3.8) is 0 Å². The number of tetrazole rings is 1. The monoisotopic (exact) mass is 193 g/mol. The van der Waals surface area contributed by atoms with Crippen molar-refractivity contribution in [2.45, 2.75) is 6.54 Å². The van der Waals surface area contributed by atoms with Gasteiger partial charge < -0.3 is 5.73 Å². The molecule has 1 aromatic carbocycles. The van der Waals surface area contributed by atoms with E-state index in [1.165, 1.54) is 6.07 Å². The van der Waals surface area contributed by atoms with Crippen molar-refractivity contribution < 1.29 is 4.39 Å². The standard InChI is InChI=1S/C8H8FN5/c9-7-3-5(1-2-6(7)4-10)8-11-13-14-12-8/h1-3H,4,10H2,(H,11,12,13,14). The zero-order chi connectivity index (χ0) is 9.97. The van der Waals surface area contributed by atoms with Crippen LogP contribution in [-0.2, 0) is 6.54 Å². The summed E-state index contributed by atoms with van der Waals surface area (Å²) in [6.07, 6.45) is 0. The van der Waals surface area contributed by atoms with Crippen molar-refractivity contribution in [3.05, 3.63) is 29.6 Å². The fourth-order valence-electron chi connectivity index (χ4n) is 1.14. The van der Waals surface area contributed by atoms with Crippen LogP contribution in [0.4, 0.5) is 4.39 Å². The van der Waals surface area contributed by atoms with Crippen LogP contribution in [0.3, 0.4) is 0 Å². The predicted molar refractivity (Wildman–Crippen MR) is 47.5 cm³/mol. The van der Waals surface area contributed by atoms with Crippen LogP contribution in [0.5, 0.6) is 0 Å². The van der Waals surface area contributed by atoms with Crippen molar-refractivity contribution in [1.29, 1.82) is 0 Å². The number of H-pyrrole nitrogens is 1. The van der Waals surface area contributed by atoms with Gasteiger partial charge in [0.1, 0.15) is 5.82 Å². The van der Waals surface area contributed by atoms with E-state index in [2.05, 4.69) is 20.6 Å². The molecule has 0 radical (unpaired) electrons. The topological polar surface area (TPSA) is 80.5 Å². The molecule has 0 spiro atoms. The minimum absolute atomic E-state index is 0.179. The fourth-order valence-corrected chi connectivity index (χ4v) is 1.14. The summed E-state index contributed by atoms with van der Waals surface area (Å²) in [5.74, 6) is 0.0160. The lowest BCUT2D eigenvalue weighted by atomic mass is 10.1. The second-order valence-electron chi connectivity index (χ2n) is 2.75. The molecule has 1 aromatic heterocycles. The second-order valence-corrected chi connectivity index (χ2v) is 2.75. The Bertz CT molecular complexity index is 425. The lowest BCUT2D eigenvalue weighted by molar-refractivity contribution is 0.611. The molecule has 0 aliphatic heterocycles. The first-order valence-electron chi connectivity index (χ1n) is 4.03. The molecule has 0 atom stereocenters. The molecule has 5 nitrogen and oxygen atoms in total. The van der Waals surface area contributed by atoms with Crippen molar-refractivity contribution in [2.75, 3.05) is 0 Å². The van der Waals surface area contributed by atoms with Gasteiger partial charge in [-0.15, -0.1) is 10.2 Å². The number of rotatable bonds is 2. The third-order valence-electron chi connectivity index (χ3n) is 1.88. The van der Waals surface area contributed by atoms with E-state index in [4.69, 9.17) is 5.73 Å². The number of hydrogen-bond acceptors (Lipinski definition) is 4. The highest BCUT2D eigenvalue weighted by atomic mass is 19.1. The molecule has 0 bridgehead atoms. The summed E-state index contributed by atoms with van der Waals surface area (Å²) < 4.78 is 13.3. The van der Waals surface area contributed by atoms with E-state index in [-0.39, 0.29) is 12.4 Å². The zero-order valence-corrected chi connectivity index (χ0v) is 7.24. The van der Waals surface area contributed by atoms with Gasteiger partial charge in [0, 0.05) is 17.7 Å². The molecule has 0 unspecified atom stereocenters. The van der Waals surface area contributed by atoms with E-state index in [1.54, 1.807) is 12.1 Å². The molecule has 0 amide bonds. The Morgan fingerprint density at radius 1 is 1.43 bits per heavy atom. The quantitative estimate of drug-likeness (QED) is 0.726. The molecule has 2 rings (SSSR count). The van der Waals surface area contributed by atoms with Crippen molar-refractivity contribution in [2.24, 2.45) is 5.73 Å². The largest absolute Gasteiger partial charge is 0.326 e. The summed E-state index contributed by atoms with van der Waals surface area (Å²) >= 11 is 0. The first-order chi connectivity index (χ1) is 6.81. The number of hydrogen-bond donors (Lipinski definition) is 2. The van der Waals surface area contributed by atoms with Crippen molar-refractivity contribution in [3.8, 4) is 11.4 Å². The molecule has 0 aliphatic rings. The minimum atomic E-state index is -0.352. The molecule has 1 heterocycles. The molecule has 0 aliphatic carbocycles. The maximum absolute atomic E-state index is 13.3. The molecule has 0 saturated carbocycles. The first kappa shape index (κ1) is 8.76. The van der Waals surface area contributed by atoms with Crippen LogP contribution in [0.25, 0.3) is 11.4 Å². The van der Waals surface area contributed by atoms with Gasteiger partial charge >= 0.3 is 0 Å². The number of nitrogens with zero attached hydrogens (tertiary/aromatic N) is 3. The van der Waals surface area contributed by atoms with Crippen LogP contribution in [0, 0.1) is 5.82 Å². The Hall–Kier alpha value is -1.82. The molecule has 3 N–H and O–H groups in total. The summed E-state index contributed by atoms with van der Waals surface area (Å²) in [5.41, 5.74) is 6.38. The SMILES string of the molecule is NCc1ccc(-c2nn[nH]n2)cc1F. The maximum Gasteiger partial charge on any atom is 0.204 e. The highest BCUT2D eigenvalue weighted by Gasteiger charge is 2.06. The number of nitrogens with two attached hydrogens (primary N) is 1. The number of aromatic nitrogens is 4. The Morgan fingerprint density at radius 2 is 2.29 bits per heavy atom. The third-order valence-corrected chi connectivity index (χ3v) is 1.88. The molecular weight excluding hydrogens is 185 g/mol. The number of benzene rings is 1. The average molecular weight is 193 g/mol. The fraction of sp³-hybridized carbons (Fsp3) is 0.125. The third kappa shape index (κ3) is 1.47. The molecule has 2 aromatic rings. The Kier molecular flexibility index (Phi) is 2.19. The smallest absolute Gasteiger partial charge is 0.204 e. The molecule has 72 valence electrons. The molecular formula is C8H8FN5. The van der Waals surface area contributed by atoms with Gasteiger partial charge in [-0.3, -0.25) is 0 Å². The van der Waals surface area contributed by atoms with Gasteiger partial charge in [0.2, 0.25) is 5.82 Å². The summed E-state index contributed by atoms with van der Waals surface area (Å²) in [6.45, 7) is 0.179. The number of aromatic amines is 1. The van der Waals surface area contributed by atoms with Gasteiger partial charge in [0.15, 0.2) is 0 Å². The van der Waals surface area contributed by atoms with E-state index >= 15 is 0 Å². The number of halogens is 1. The highest BCUT2D eigenvalue weighted by Crippen LogP contribution is 2.17. The Balaban J connectivity index is 2.43. The van der Waals surface area contributed by atoms with Crippen LogP contribution in [0.1, 0.15) is 5.56 Å². The van der Waals surface area contributed by atoms with Gasteiger partial charge in [-0.25, -0.2) is 4.39 Å². The minimum Gasteiger partial charge on any atom is -0.326 e. The van der Waals surface area contributed by atoms with E-state index in [1.807, 2.05) is 0 Å². The van der Waals surface area contributed by atoms with Crippen LogP contribution >= 0.6 is 0 Å². The van der Waals surface area contributed by atoms with Gasteiger partial charge in [-0.1, -0.05) is 12.1 Å².